The second-order valence-corrected chi connectivity index (χ2v) is 2.81. The predicted molar refractivity (Wildman–Crippen MR) is 38.0 cm³/mol. The molecule has 1 fully saturated rings. The standard InChI is InChI=1S/C7H11NO3/c9-6-3-5(4-8-6)1-2-7(10)11/h5H,1-4H2,(H,8,9)(H,10,11). The molecule has 1 aliphatic rings. The number of carbonyl (C=O) groups excluding carboxylic acids is 1. The first kappa shape index (κ1) is 8.04. The lowest BCUT2D eigenvalue weighted by Gasteiger charge is -2.02. The van der Waals surface area contributed by atoms with Crippen molar-refractivity contribution in [2.75, 3.05) is 6.54 Å². The molecule has 0 saturated carbocycles. The van der Waals surface area contributed by atoms with Crippen LogP contribution >= 0.6 is 0 Å². The zero-order valence-corrected chi connectivity index (χ0v) is 6.17. The van der Waals surface area contributed by atoms with Gasteiger partial charge in [-0.05, 0) is 12.3 Å². The molecule has 4 heteroatoms. The van der Waals surface area contributed by atoms with Crippen LogP contribution < -0.4 is 5.32 Å². The maximum atomic E-state index is 10.6. The Morgan fingerprint density at radius 2 is 2.45 bits per heavy atom. The van der Waals surface area contributed by atoms with Gasteiger partial charge in [0.15, 0.2) is 0 Å². The third-order valence-electron chi connectivity index (χ3n) is 1.83. The molecule has 1 aliphatic heterocycles. The number of carboxylic acid groups (broad SMARTS) is 1. The van der Waals surface area contributed by atoms with Crippen molar-refractivity contribution in [1.82, 2.24) is 5.32 Å². The second-order valence-electron chi connectivity index (χ2n) is 2.81. The monoisotopic (exact) mass is 157 g/mol. The molecule has 0 aromatic carbocycles. The molecule has 1 rings (SSSR count). The quantitative estimate of drug-likeness (QED) is 0.605. The third kappa shape index (κ3) is 2.57. The van der Waals surface area contributed by atoms with E-state index in [-0.39, 0.29) is 18.2 Å². The van der Waals surface area contributed by atoms with E-state index in [1.54, 1.807) is 0 Å². The van der Waals surface area contributed by atoms with E-state index >= 15 is 0 Å². The van der Waals surface area contributed by atoms with Crippen molar-refractivity contribution in [2.45, 2.75) is 19.3 Å². The molecule has 0 aromatic heterocycles. The van der Waals surface area contributed by atoms with Gasteiger partial charge in [0.1, 0.15) is 0 Å². The van der Waals surface area contributed by atoms with Crippen LogP contribution in [0.25, 0.3) is 0 Å². The predicted octanol–water partition coefficient (Wildman–Crippen LogP) is -0.0127. The Hall–Kier alpha value is -1.06. The van der Waals surface area contributed by atoms with E-state index in [9.17, 15) is 9.59 Å². The molecule has 62 valence electrons. The van der Waals surface area contributed by atoms with Gasteiger partial charge in [0, 0.05) is 19.4 Å². The number of amides is 1. The van der Waals surface area contributed by atoms with Crippen LogP contribution in [0.1, 0.15) is 19.3 Å². The van der Waals surface area contributed by atoms with E-state index in [2.05, 4.69) is 5.32 Å². The number of hydrogen-bond acceptors (Lipinski definition) is 2. The van der Waals surface area contributed by atoms with Crippen molar-refractivity contribution in [3.05, 3.63) is 0 Å². The fraction of sp³-hybridized carbons (Fsp3) is 0.714. The van der Waals surface area contributed by atoms with Crippen LogP contribution in [0, 0.1) is 5.92 Å². The van der Waals surface area contributed by atoms with Crippen molar-refractivity contribution in [2.24, 2.45) is 5.92 Å². The average Bonchev–Trinajstić information content (AvgIpc) is 2.31. The van der Waals surface area contributed by atoms with Crippen LogP contribution in [0.2, 0.25) is 0 Å². The van der Waals surface area contributed by atoms with Crippen molar-refractivity contribution in [1.29, 1.82) is 0 Å². The van der Waals surface area contributed by atoms with Crippen molar-refractivity contribution in [3.63, 3.8) is 0 Å². The molecule has 1 heterocycles. The summed E-state index contributed by atoms with van der Waals surface area (Å²) in [6, 6.07) is 0. The lowest BCUT2D eigenvalue weighted by atomic mass is 10.0. The fourth-order valence-corrected chi connectivity index (χ4v) is 1.20. The van der Waals surface area contributed by atoms with Crippen LogP contribution in [0.5, 0.6) is 0 Å². The minimum absolute atomic E-state index is 0.0420. The molecule has 1 saturated heterocycles. The number of carboxylic acids is 1. The fourth-order valence-electron chi connectivity index (χ4n) is 1.20. The van der Waals surface area contributed by atoms with Gasteiger partial charge in [-0.25, -0.2) is 0 Å². The molecule has 4 nitrogen and oxygen atoms in total. The molecule has 0 radical (unpaired) electrons. The van der Waals surface area contributed by atoms with Crippen molar-refractivity contribution in [3.8, 4) is 0 Å². The molecule has 0 aromatic rings. The van der Waals surface area contributed by atoms with E-state index in [1.807, 2.05) is 0 Å². The van der Waals surface area contributed by atoms with Gasteiger partial charge in [-0.2, -0.15) is 0 Å². The maximum absolute atomic E-state index is 10.6. The summed E-state index contributed by atoms with van der Waals surface area (Å²) in [7, 11) is 0. The Bertz CT molecular complexity index is 179. The number of hydrogen-bond donors (Lipinski definition) is 2. The third-order valence-corrected chi connectivity index (χ3v) is 1.83. The number of carbonyl (C=O) groups is 2. The Labute approximate surface area is 64.6 Å². The molecule has 1 atom stereocenters. The maximum Gasteiger partial charge on any atom is 0.303 e. The number of aliphatic carboxylic acids is 1. The largest absolute Gasteiger partial charge is 0.481 e. The van der Waals surface area contributed by atoms with E-state index < -0.39 is 5.97 Å². The zero-order chi connectivity index (χ0) is 8.27. The Balaban J connectivity index is 2.18. The van der Waals surface area contributed by atoms with Crippen LogP contribution in [0.15, 0.2) is 0 Å². The highest BCUT2D eigenvalue weighted by molar-refractivity contribution is 5.78. The van der Waals surface area contributed by atoms with Gasteiger partial charge < -0.3 is 10.4 Å². The molecule has 2 N–H and O–H groups in total. The van der Waals surface area contributed by atoms with Gasteiger partial charge >= 0.3 is 5.97 Å². The van der Waals surface area contributed by atoms with Crippen LogP contribution in [0.4, 0.5) is 0 Å². The van der Waals surface area contributed by atoms with E-state index in [4.69, 9.17) is 5.11 Å². The molecule has 11 heavy (non-hydrogen) atoms. The summed E-state index contributed by atoms with van der Waals surface area (Å²) >= 11 is 0. The first-order chi connectivity index (χ1) is 5.18. The summed E-state index contributed by atoms with van der Waals surface area (Å²) in [4.78, 5) is 20.8. The highest BCUT2D eigenvalue weighted by Crippen LogP contribution is 2.14. The van der Waals surface area contributed by atoms with E-state index in [1.165, 1.54) is 0 Å². The smallest absolute Gasteiger partial charge is 0.303 e. The Morgan fingerprint density at radius 1 is 1.73 bits per heavy atom. The molecule has 0 bridgehead atoms. The van der Waals surface area contributed by atoms with Gasteiger partial charge in [0.05, 0.1) is 0 Å². The van der Waals surface area contributed by atoms with Crippen LogP contribution in [-0.4, -0.2) is 23.5 Å². The molecule has 0 spiro atoms. The number of nitrogens with one attached hydrogen (secondary N) is 1. The summed E-state index contributed by atoms with van der Waals surface area (Å²) in [6.07, 6.45) is 1.26. The summed E-state index contributed by atoms with van der Waals surface area (Å²) in [5.74, 6) is -0.511. The summed E-state index contributed by atoms with van der Waals surface area (Å²) in [6.45, 7) is 0.645. The van der Waals surface area contributed by atoms with Crippen molar-refractivity contribution < 1.29 is 14.7 Å². The van der Waals surface area contributed by atoms with Crippen LogP contribution in [-0.2, 0) is 9.59 Å². The lowest BCUT2D eigenvalue weighted by molar-refractivity contribution is -0.137. The summed E-state index contributed by atoms with van der Waals surface area (Å²) < 4.78 is 0. The lowest BCUT2D eigenvalue weighted by Crippen LogP contribution is -2.14. The van der Waals surface area contributed by atoms with E-state index in [0.29, 0.717) is 19.4 Å². The topological polar surface area (TPSA) is 66.4 Å². The highest BCUT2D eigenvalue weighted by atomic mass is 16.4. The molecular formula is C7H11NO3. The molecular weight excluding hydrogens is 146 g/mol. The van der Waals surface area contributed by atoms with Gasteiger partial charge in [-0.15, -0.1) is 0 Å². The van der Waals surface area contributed by atoms with Gasteiger partial charge in [0.2, 0.25) is 5.91 Å². The molecule has 0 aliphatic carbocycles. The minimum atomic E-state index is -0.788. The normalized spacial score (nSPS) is 23.3. The van der Waals surface area contributed by atoms with Crippen LogP contribution in [0.3, 0.4) is 0 Å². The zero-order valence-electron chi connectivity index (χ0n) is 6.17. The Kier molecular flexibility index (Phi) is 2.46. The molecule has 1 amide bonds. The average molecular weight is 157 g/mol. The Morgan fingerprint density at radius 3 is 2.91 bits per heavy atom. The van der Waals surface area contributed by atoms with Gasteiger partial charge in [-0.3, -0.25) is 9.59 Å². The summed E-state index contributed by atoms with van der Waals surface area (Å²) in [5, 5.41) is 11.0. The second kappa shape index (κ2) is 3.37. The first-order valence-corrected chi connectivity index (χ1v) is 3.67. The van der Waals surface area contributed by atoms with Gasteiger partial charge in [0.25, 0.3) is 0 Å². The number of rotatable bonds is 3. The van der Waals surface area contributed by atoms with Gasteiger partial charge in [-0.1, -0.05) is 0 Å². The molecule has 1 unspecified atom stereocenters. The minimum Gasteiger partial charge on any atom is -0.481 e. The highest BCUT2D eigenvalue weighted by Gasteiger charge is 2.21. The first-order valence-electron chi connectivity index (χ1n) is 3.67. The van der Waals surface area contributed by atoms with E-state index in [0.717, 1.165) is 0 Å². The van der Waals surface area contributed by atoms with Crippen molar-refractivity contribution >= 4 is 11.9 Å². The SMILES string of the molecule is O=C(O)CCC1CNC(=O)C1. The summed E-state index contributed by atoms with van der Waals surface area (Å²) in [5.41, 5.74) is 0.